The van der Waals surface area contributed by atoms with Crippen molar-refractivity contribution in [1.29, 1.82) is 5.26 Å². The minimum atomic E-state index is -0.149. The maximum absolute atomic E-state index is 12.0. The molecule has 3 rings (SSSR count). The van der Waals surface area contributed by atoms with E-state index in [9.17, 15) is 4.79 Å². The highest BCUT2D eigenvalue weighted by molar-refractivity contribution is 5.57. The molecule has 0 N–H and O–H groups in total. The molecule has 0 saturated carbocycles. The van der Waals surface area contributed by atoms with Gasteiger partial charge in [-0.15, -0.1) is 0 Å². The van der Waals surface area contributed by atoms with Crippen LogP contribution in [0.5, 0.6) is 0 Å². The van der Waals surface area contributed by atoms with Crippen molar-refractivity contribution in [3.63, 3.8) is 0 Å². The molecule has 0 bridgehead atoms. The average Bonchev–Trinajstić information content (AvgIpc) is 2.58. The summed E-state index contributed by atoms with van der Waals surface area (Å²) in [6, 6.07) is 22.2. The second-order valence-electron chi connectivity index (χ2n) is 4.89. The van der Waals surface area contributed by atoms with E-state index in [-0.39, 0.29) is 5.56 Å². The molecule has 0 aliphatic carbocycles. The Bertz CT molecular complexity index is 875. The second-order valence-corrected chi connectivity index (χ2v) is 4.89. The largest absolute Gasteiger partial charge is 0.268 e. The highest BCUT2D eigenvalue weighted by Gasteiger charge is 2.04. The van der Waals surface area contributed by atoms with Crippen LogP contribution in [0.2, 0.25) is 0 Å². The molecular formula is C18H13N3O. The van der Waals surface area contributed by atoms with Gasteiger partial charge in [0.2, 0.25) is 0 Å². The lowest BCUT2D eigenvalue weighted by molar-refractivity contribution is 0.643. The van der Waals surface area contributed by atoms with Crippen molar-refractivity contribution in [3.8, 4) is 17.3 Å². The molecule has 0 atom stereocenters. The molecule has 1 heterocycles. The summed E-state index contributed by atoms with van der Waals surface area (Å²) in [7, 11) is 0. The fraction of sp³-hybridized carbons (Fsp3) is 0.0556. The molecule has 106 valence electrons. The number of benzene rings is 2. The smallest absolute Gasteiger partial charge is 0.267 e. The normalized spacial score (nSPS) is 10.1. The molecule has 3 aromatic rings. The Morgan fingerprint density at radius 2 is 1.68 bits per heavy atom. The van der Waals surface area contributed by atoms with Gasteiger partial charge in [0.25, 0.3) is 5.56 Å². The molecule has 0 spiro atoms. The van der Waals surface area contributed by atoms with E-state index in [0.29, 0.717) is 12.1 Å². The maximum Gasteiger partial charge on any atom is 0.267 e. The Kier molecular flexibility index (Phi) is 3.80. The summed E-state index contributed by atoms with van der Waals surface area (Å²) in [6.07, 6.45) is 0. The van der Waals surface area contributed by atoms with Gasteiger partial charge in [-0.25, -0.2) is 4.68 Å². The average molecular weight is 287 g/mol. The summed E-state index contributed by atoms with van der Waals surface area (Å²) in [5.74, 6) is 0. The standard InChI is InChI=1S/C18H13N3O/c19-12-14-6-8-15(9-7-14)13-21-18(22)11-10-17(20-21)16-4-2-1-3-5-16/h1-11H,13H2. The molecule has 4 heteroatoms. The van der Waals surface area contributed by atoms with Gasteiger partial charge in [-0.3, -0.25) is 4.79 Å². The van der Waals surface area contributed by atoms with Crippen molar-refractivity contribution >= 4 is 0 Å². The summed E-state index contributed by atoms with van der Waals surface area (Å²) in [4.78, 5) is 12.0. The predicted octanol–water partition coefficient (Wildman–Crippen LogP) is 2.83. The van der Waals surface area contributed by atoms with Crippen LogP contribution in [-0.2, 0) is 6.54 Å². The third kappa shape index (κ3) is 2.94. The summed E-state index contributed by atoms with van der Waals surface area (Å²) in [5, 5.41) is 13.2. The number of hydrogen-bond donors (Lipinski definition) is 0. The lowest BCUT2D eigenvalue weighted by atomic mass is 10.1. The van der Waals surface area contributed by atoms with Gasteiger partial charge in [0.1, 0.15) is 0 Å². The van der Waals surface area contributed by atoms with E-state index in [1.165, 1.54) is 10.7 Å². The number of nitriles is 1. The third-order valence-corrected chi connectivity index (χ3v) is 3.35. The maximum atomic E-state index is 12.0. The van der Waals surface area contributed by atoms with Crippen LogP contribution in [0.4, 0.5) is 0 Å². The lowest BCUT2D eigenvalue weighted by Crippen LogP contribution is -2.22. The molecule has 0 unspecified atom stereocenters. The van der Waals surface area contributed by atoms with E-state index >= 15 is 0 Å². The molecule has 0 radical (unpaired) electrons. The van der Waals surface area contributed by atoms with Gasteiger partial charge in [0.05, 0.1) is 23.9 Å². The van der Waals surface area contributed by atoms with Gasteiger partial charge in [-0.1, -0.05) is 42.5 Å². The SMILES string of the molecule is N#Cc1ccc(Cn2nc(-c3ccccc3)ccc2=O)cc1. The Morgan fingerprint density at radius 1 is 0.955 bits per heavy atom. The van der Waals surface area contributed by atoms with Crippen molar-refractivity contribution in [3.05, 3.63) is 88.2 Å². The van der Waals surface area contributed by atoms with Crippen molar-refractivity contribution in [2.75, 3.05) is 0 Å². The molecular weight excluding hydrogens is 274 g/mol. The number of rotatable bonds is 3. The molecule has 0 aliphatic heterocycles. The van der Waals surface area contributed by atoms with E-state index in [0.717, 1.165) is 16.8 Å². The van der Waals surface area contributed by atoms with Crippen molar-refractivity contribution in [1.82, 2.24) is 9.78 Å². The van der Waals surface area contributed by atoms with Crippen LogP contribution in [0.25, 0.3) is 11.3 Å². The first-order valence-corrected chi connectivity index (χ1v) is 6.89. The van der Waals surface area contributed by atoms with Crippen LogP contribution in [0, 0.1) is 11.3 Å². The molecule has 0 saturated heterocycles. The molecule has 2 aromatic carbocycles. The minimum absolute atomic E-state index is 0.149. The lowest BCUT2D eigenvalue weighted by Gasteiger charge is -2.07. The van der Waals surface area contributed by atoms with Crippen LogP contribution >= 0.6 is 0 Å². The van der Waals surface area contributed by atoms with E-state index in [1.54, 1.807) is 18.2 Å². The van der Waals surface area contributed by atoms with Crippen LogP contribution in [0.3, 0.4) is 0 Å². The minimum Gasteiger partial charge on any atom is -0.268 e. The third-order valence-electron chi connectivity index (χ3n) is 3.35. The first-order chi connectivity index (χ1) is 10.8. The number of nitrogens with zero attached hydrogens (tertiary/aromatic N) is 3. The number of aromatic nitrogens is 2. The Labute approximate surface area is 127 Å². The molecule has 0 aliphatic rings. The van der Waals surface area contributed by atoms with Gasteiger partial charge in [0, 0.05) is 11.6 Å². The van der Waals surface area contributed by atoms with Crippen molar-refractivity contribution in [2.45, 2.75) is 6.54 Å². The molecule has 0 amide bonds. The fourth-order valence-electron chi connectivity index (χ4n) is 2.18. The highest BCUT2D eigenvalue weighted by atomic mass is 16.1. The summed E-state index contributed by atoms with van der Waals surface area (Å²) in [6.45, 7) is 0.380. The molecule has 4 nitrogen and oxygen atoms in total. The van der Waals surface area contributed by atoms with Gasteiger partial charge in [-0.05, 0) is 23.8 Å². The zero-order valence-electron chi connectivity index (χ0n) is 11.8. The monoisotopic (exact) mass is 287 g/mol. The Balaban J connectivity index is 1.93. The first kappa shape index (κ1) is 13.8. The van der Waals surface area contributed by atoms with E-state index in [1.807, 2.05) is 42.5 Å². The second kappa shape index (κ2) is 6.06. The summed E-state index contributed by atoms with van der Waals surface area (Å²) < 4.78 is 1.43. The summed E-state index contributed by atoms with van der Waals surface area (Å²) in [5.41, 5.74) is 3.11. The molecule has 1 aromatic heterocycles. The van der Waals surface area contributed by atoms with E-state index in [4.69, 9.17) is 5.26 Å². The fourth-order valence-corrected chi connectivity index (χ4v) is 2.18. The van der Waals surface area contributed by atoms with Crippen LogP contribution < -0.4 is 5.56 Å². The number of hydrogen-bond acceptors (Lipinski definition) is 3. The van der Waals surface area contributed by atoms with Gasteiger partial charge in [0.15, 0.2) is 0 Å². The van der Waals surface area contributed by atoms with E-state index < -0.39 is 0 Å². The van der Waals surface area contributed by atoms with Gasteiger partial charge < -0.3 is 0 Å². The Hall–Kier alpha value is -3.19. The van der Waals surface area contributed by atoms with Gasteiger partial charge in [-0.2, -0.15) is 10.4 Å². The zero-order valence-corrected chi connectivity index (χ0v) is 11.8. The first-order valence-electron chi connectivity index (χ1n) is 6.89. The Morgan fingerprint density at radius 3 is 2.36 bits per heavy atom. The van der Waals surface area contributed by atoms with Crippen molar-refractivity contribution < 1.29 is 0 Å². The zero-order chi connectivity index (χ0) is 15.4. The molecule has 22 heavy (non-hydrogen) atoms. The van der Waals surface area contributed by atoms with E-state index in [2.05, 4.69) is 11.2 Å². The van der Waals surface area contributed by atoms with Crippen LogP contribution in [0.15, 0.2) is 71.5 Å². The molecule has 0 fully saturated rings. The topological polar surface area (TPSA) is 58.7 Å². The quantitative estimate of drug-likeness (QED) is 0.744. The van der Waals surface area contributed by atoms with Crippen LogP contribution in [-0.4, -0.2) is 9.78 Å². The predicted molar refractivity (Wildman–Crippen MR) is 84.2 cm³/mol. The van der Waals surface area contributed by atoms with Crippen molar-refractivity contribution in [2.24, 2.45) is 0 Å². The summed E-state index contributed by atoms with van der Waals surface area (Å²) >= 11 is 0. The highest BCUT2D eigenvalue weighted by Crippen LogP contribution is 2.14. The van der Waals surface area contributed by atoms with Gasteiger partial charge >= 0.3 is 0 Å². The van der Waals surface area contributed by atoms with Crippen LogP contribution in [0.1, 0.15) is 11.1 Å².